The van der Waals surface area contributed by atoms with Gasteiger partial charge in [-0.1, -0.05) is 125 Å². The summed E-state index contributed by atoms with van der Waals surface area (Å²) in [5, 5.41) is 5.84. The van der Waals surface area contributed by atoms with E-state index < -0.39 is 0 Å². The summed E-state index contributed by atoms with van der Waals surface area (Å²) >= 11 is 0. The molecule has 0 fully saturated rings. The van der Waals surface area contributed by atoms with Gasteiger partial charge in [-0.2, -0.15) is 0 Å². The molecule has 9 aromatic rings. The van der Waals surface area contributed by atoms with Crippen LogP contribution < -0.4 is 26.4 Å². The fraction of sp³-hybridized carbons (Fsp3) is 0.333. The Morgan fingerprint density at radius 2 is 1.12 bits per heavy atom. The summed E-state index contributed by atoms with van der Waals surface area (Å²) in [7, 11) is 0. The van der Waals surface area contributed by atoms with Crippen molar-refractivity contribution in [3.63, 3.8) is 0 Å². The lowest BCUT2D eigenvalue weighted by molar-refractivity contribution is 0.332. The molecule has 0 unspecified atom stereocenters. The molecule has 4 heterocycles. The first-order valence-corrected chi connectivity index (χ1v) is 25.2. The summed E-state index contributed by atoms with van der Waals surface area (Å²) in [6.45, 7) is 28.6. The molecule has 0 spiro atoms. The average molecular weight is 891 g/mol. The van der Waals surface area contributed by atoms with Gasteiger partial charge in [0.05, 0.1) is 22.4 Å². The second-order valence-electron chi connectivity index (χ2n) is 24.8. The van der Waals surface area contributed by atoms with Crippen LogP contribution >= 0.6 is 0 Å². The molecule has 0 amide bonds. The summed E-state index contributed by atoms with van der Waals surface area (Å²) in [5.74, 6) is 0. The van der Waals surface area contributed by atoms with Crippen LogP contribution in [0.4, 0.5) is 34.1 Å². The summed E-state index contributed by atoms with van der Waals surface area (Å²) < 4.78 is 14.4. The maximum atomic E-state index is 7.64. The molecular formula is C63H63BN2O2. The van der Waals surface area contributed by atoms with E-state index >= 15 is 0 Å². The van der Waals surface area contributed by atoms with Crippen molar-refractivity contribution in [1.82, 2.24) is 0 Å². The van der Waals surface area contributed by atoms with E-state index in [1.54, 1.807) is 0 Å². The predicted octanol–water partition coefficient (Wildman–Crippen LogP) is 15.9. The lowest BCUT2D eigenvalue weighted by Crippen LogP contribution is -2.61. The lowest BCUT2D eigenvalue weighted by Gasteiger charge is -2.45. The number of aryl methyl sites for hydroxylation is 1. The number of benzene rings is 7. The minimum atomic E-state index is -0.150. The van der Waals surface area contributed by atoms with Gasteiger partial charge < -0.3 is 18.6 Å². The Morgan fingerprint density at radius 1 is 0.500 bits per heavy atom. The highest BCUT2D eigenvalue weighted by atomic mass is 16.3. The Balaban J connectivity index is 1.16. The van der Waals surface area contributed by atoms with Crippen molar-refractivity contribution in [1.29, 1.82) is 0 Å². The highest BCUT2D eigenvalue weighted by Crippen LogP contribution is 2.54. The predicted molar refractivity (Wildman–Crippen MR) is 289 cm³/mol. The van der Waals surface area contributed by atoms with Crippen molar-refractivity contribution < 1.29 is 8.83 Å². The Morgan fingerprint density at radius 3 is 1.81 bits per heavy atom. The SMILES string of the molecule is Cc1cc2c3c(c1)N(c1cccc4oc5cc6ccccc6cc5c14)c1ccc(C(C)(C)C)cc1B3c1oc3cc4c(cc3c1N2c1ccc2c(c1)C(C)(C)CCC2(C)C)C(C)(C)CCC4(C)C. The Hall–Kier alpha value is -6.20. The average Bonchev–Trinajstić information content (AvgIpc) is 3.85. The normalized spacial score (nSPS) is 18.4. The fourth-order valence-corrected chi connectivity index (χ4v) is 13.1. The third-order valence-electron chi connectivity index (χ3n) is 17.3. The van der Waals surface area contributed by atoms with Gasteiger partial charge in [0.2, 0.25) is 0 Å². The molecule has 0 saturated heterocycles. The number of fused-ring (bicyclic) bond motifs is 12. The quantitative estimate of drug-likeness (QED) is 0.162. The Labute approximate surface area is 402 Å². The monoisotopic (exact) mass is 890 g/mol. The first-order chi connectivity index (χ1) is 32.2. The minimum absolute atomic E-state index is 0.0376. The number of anilines is 6. The Kier molecular flexibility index (Phi) is 8.34. The third kappa shape index (κ3) is 5.80. The molecule has 0 bridgehead atoms. The first-order valence-electron chi connectivity index (χ1n) is 25.2. The smallest absolute Gasteiger partial charge is 0.297 e. The standard InChI is InChI=1S/C63H63BN2O2/c1-36-28-50-56-51(29-36)66(49-18-15-19-52-55(49)41-30-37-16-13-14-17-38(37)31-53(41)67-52)48-23-20-39(59(2,3)4)32-47(48)64(56)58-57(42-34-45-46(35-54(42)68-58)63(11,12)27-26-62(45,9)10)65(50)40-21-22-43-44(33-40)61(7,8)25-24-60(43,5)6/h13-23,28-35H,24-27H2,1-12H3. The molecule has 2 aliphatic heterocycles. The van der Waals surface area contributed by atoms with Gasteiger partial charge in [0.1, 0.15) is 16.7 Å². The fourth-order valence-electron chi connectivity index (χ4n) is 13.1. The molecule has 0 atom stereocenters. The number of hydrogen-bond donors (Lipinski definition) is 0. The van der Waals surface area contributed by atoms with Crippen LogP contribution in [0.25, 0.3) is 43.7 Å². The van der Waals surface area contributed by atoms with Gasteiger partial charge in [0.25, 0.3) is 6.71 Å². The van der Waals surface area contributed by atoms with Crippen molar-refractivity contribution in [2.24, 2.45) is 0 Å². The zero-order valence-corrected chi connectivity index (χ0v) is 42.1. The van der Waals surface area contributed by atoms with Gasteiger partial charge in [-0.3, -0.25) is 0 Å². The van der Waals surface area contributed by atoms with Gasteiger partial charge in [-0.15, -0.1) is 0 Å². The van der Waals surface area contributed by atoms with Gasteiger partial charge in [-0.05, 0) is 181 Å². The number of hydrogen-bond acceptors (Lipinski definition) is 4. The van der Waals surface area contributed by atoms with Crippen LogP contribution in [-0.4, -0.2) is 6.71 Å². The zero-order chi connectivity index (χ0) is 47.2. The summed E-state index contributed by atoms with van der Waals surface area (Å²) in [5.41, 5.74) is 21.9. The maximum absolute atomic E-state index is 7.64. The molecule has 0 saturated carbocycles. The van der Waals surface area contributed by atoms with Crippen molar-refractivity contribution in [2.75, 3.05) is 9.80 Å². The molecule has 0 radical (unpaired) electrons. The second kappa shape index (κ2) is 13.5. The molecule has 340 valence electrons. The van der Waals surface area contributed by atoms with Gasteiger partial charge >= 0.3 is 0 Å². The van der Waals surface area contributed by atoms with Crippen LogP contribution in [0.5, 0.6) is 0 Å². The van der Waals surface area contributed by atoms with E-state index in [9.17, 15) is 0 Å². The molecule has 68 heavy (non-hydrogen) atoms. The Bertz CT molecular complexity index is 3660. The van der Waals surface area contributed by atoms with Crippen LogP contribution in [-0.2, 0) is 27.1 Å². The van der Waals surface area contributed by atoms with Crippen molar-refractivity contribution in [3.8, 4) is 0 Å². The molecule has 13 rings (SSSR count). The van der Waals surface area contributed by atoms with E-state index in [0.717, 1.165) is 58.1 Å². The van der Waals surface area contributed by atoms with Gasteiger partial charge in [0.15, 0.2) is 0 Å². The van der Waals surface area contributed by atoms with Crippen LogP contribution in [0.3, 0.4) is 0 Å². The van der Waals surface area contributed by atoms with Crippen molar-refractivity contribution in [2.45, 2.75) is 136 Å². The second-order valence-corrected chi connectivity index (χ2v) is 24.8. The van der Waals surface area contributed by atoms with Gasteiger partial charge in [-0.25, -0.2) is 0 Å². The van der Waals surface area contributed by atoms with E-state index in [0.29, 0.717) is 0 Å². The summed E-state index contributed by atoms with van der Waals surface area (Å²) in [6.07, 6.45) is 4.63. The van der Waals surface area contributed by atoms with E-state index in [2.05, 4.69) is 208 Å². The molecule has 2 aromatic heterocycles. The zero-order valence-electron chi connectivity index (χ0n) is 42.1. The summed E-state index contributed by atoms with van der Waals surface area (Å²) in [4.78, 5) is 5.18. The van der Waals surface area contributed by atoms with Crippen molar-refractivity contribution in [3.05, 3.63) is 149 Å². The van der Waals surface area contributed by atoms with E-state index in [4.69, 9.17) is 8.83 Å². The molecule has 7 aromatic carbocycles. The van der Waals surface area contributed by atoms with Crippen molar-refractivity contribution >= 4 is 101 Å². The first kappa shape index (κ1) is 41.9. The highest BCUT2D eigenvalue weighted by molar-refractivity contribution is 7.00. The van der Waals surface area contributed by atoms with Crippen LogP contribution in [0.15, 0.2) is 124 Å². The van der Waals surface area contributed by atoms with Gasteiger partial charge in [0, 0.05) is 33.5 Å². The highest BCUT2D eigenvalue weighted by Gasteiger charge is 2.49. The molecule has 4 nitrogen and oxygen atoms in total. The number of rotatable bonds is 2. The van der Waals surface area contributed by atoms with E-state index in [1.165, 1.54) is 95.3 Å². The number of nitrogens with zero attached hydrogens (tertiary/aromatic N) is 2. The molecule has 4 aliphatic rings. The van der Waals surface area contributed by atoms with Crippen LogP contribution in [0, 0.1) is 6.92 Å². The molecular weight excluding hydrogens is 828 g/mol. The molecule has 2 aliphatic carbocycles. The van der Waals surface area contributed by atoms with E-state index in [-0.39, 0.29) is 33.8 Å². The topological polar surface area (TPSA) is 32.8 Å². The third-order valence-corrected chi connectivity index (χ3v) is 17.3. The molecule has 5 heteroatoms. The lowest BCUT2D eigenvalue weighted by atomic mass is 9.35. The minimum Gasteiger partial charge on any atom is -0.468 e. The maximum Gasteiger partial charge on any atom is 0.297 e. The number of furan rings is 2. The van der Waals surface area contributed by atoms with E-state index in [1.807, 2.05) is 0 Å². The largest absolute Gasteiger partial charge is 0.468 e. The summed E-state index contributed by atoms with van der Waals surface area (Å²) in [6, 6.07) is 44.3. The molecule has 0 N–H and O–H groups in total. The van der Waals surface area contributed by atoms with Crippen LogP contribution in [0.1, 0.15) is 135 Å². The van der Waals surface area contributed by atoms with Crippen LogP contribution in [0.2, 0.25) is 0 Å².